The first-order valence-corrected chi connectivity index (χ1v) is 8.02. The zero-order chi connectivity index (χ0) is 15.2. The molecule has 21 heavy (non-hydrogen) atoms. The van der Waals surface area contributed by atoms with E-state index in [1.807, 2.05) is 23.9 Å². The molecule has 114 valence electrons. The van der Waals surface area contributed by atoms with E-state index in [0.717, 1.165) is 22.9 Å². The lowest BCUT2D eigenvalue weighted by Crippen LogP contribution is -2.31. The molecule has 0 saturated heterocycles. The Morgan fingerprint density at radius 1 is 1.29 bits per heavy atom. The van der Waals surface area contributed by atoms with Crippen LogP contribution in [-0.4, -0.2) is 33.6 Å². The maximum Gasteiger partial charge on any atom is 0.138 e. The van der Waals surface area contributed by atoms with Crippen molar-refractivity contribution >= 4 is 11.8 Å². The normalized spacial score (nSPS) is 12.8. The Labute approximate surface area is 129 Å². The third-order valence-corrected chi connectivity index (χ3v) is 4.41. The molecule has 2 aromatic rings. The number of hydrogen-bond acceptors (Lipinski definition) is 4. The van der Waals surface area contributed by atoms with Crippen LogP contribution in [0.25, 0.3) is 0 Å². The van der Waals surface area contributed by atoms with Crippen molar-refractivity contribution in [2.75, 3.05) is 12.8 Å². The van der Waals surface area contributed by atoms with Crippen LogP contribution in [0, 0.1) is 5.82 Å². The smallest absolute Gasteiger partial charge is 0.138 e. The van der Waals surface area contributed by atoms with Gasteiger partial charge in [-0.05, 0) is 45.2 Å². The zero-order valence-corrected chi connectivity index (χ0v) is 13.4. The van der Waals surface area contributed by atoms with Crippen molar-refractivity contribution < 1.29 is 4.39 Å². The summed E-state index contributed by atoms with van der Waals surface area (Å²) in [6.07, 6.45) is 2.43. The summed E-state index contributed by atoms with van der Waals surface area (Å²) in [5.41, 5.74) is 0. The summed E-state index contributed by atoms with van der Waals surface area (Å²) in [6, 6.07) is 7.21. The predicted molar refractivity (Wildman–Crippen MR) is 84.1 cm³/mol. The zero-order valence-electron chi connectivity index (χ0n) is 12.6. The second-order valence-corrected chi connectivity index (χ2v) is 6.26. The Hall–Kier alpha value is -1.40. The number of rotatable bonds is 7. The first kappa shape index (κ1) is 16.0. The van der Waals surface area contributed by atoms with Gasteiger partial charge in [0.05, 0.1) is 0 Å². The molecule has 1 aromatic heterocycles. The first-order valence-electron chi connectivity index (χ1n) is 7.04. The lowest BCUT2D eigenvalue weighted by molar-refractivity contribution is 0.484. The monoisotopic (exact) mass is 308 g/mol. The molecule has 0 radical (unpaired) electrons. The number of likely N-dealkylation sites (N-methyl/N-ethyl adjacent to an activating group) is 1. The number of benzene rings is 1. The van der Waals surface area contributed by atoms with Crippen LogP contribution in [0.4, 0.5) is 4.39 Å². The van der Waals surface area contributed by atoms with Crippen LogP contribution in [0.15, 0.2) is 35.5 Å². The van der Waals surface area contributed by atoms with Gasteiger partial charge in [0.25, 0.3) is 0 Å². The van der Waals surface area contributed by atoms with Crippen molar-refractivity contribution in [3.05, 3.63) is 42.2 Å². The third kappa shape index (κ3) is 4.54. The van der Waals surface area contributed by atoms with Crippen LogP contribution in [0.5, 0.6) is 0 Å². The summed E-state index contributed by atoms with van der Waals surface area (Å²) in [5, 5.41) is 7.57. The lowest BCUT2D eigenvalue weighted by atomic mass is 10.2. The highest BCUT2D eigenvalue weighted by Crippen LogP contribution is 2.20. The number of nitrogens with zero attached hydrogens (tertiary/aromatic N) is 3. The van der Waals surface area contributed by atoms with E-state index in [9.17, 15) is 4.39 Å². The Kier molecular flexibility index (Phi) is 5.76. The SMILES string of the molecule is CNC(CSc1ccc(F)cc1)Cc1ncnn1C(C)C. The molecular formula is C15H21FN4S. The summed E-state index contributed by atoms with van der Waals surface area (Å²) in [6.45, 7) is 4.19. The van der Waals surface area contributed by atoms with Gasteiger partial charge >= 0.3 is 0 Å². The Bertz CT molecular complexity index is 553. The Balaban J connectivity index is 1.94. The lowest BCUT2D eigenvalue weighted by Gasteiger charge is -2.17. The van der Waals surface area contributed by atoms with Crippen molar-refractivity contribution in [3.63, 3.8) is 0 Å². The number of nitrogens with one attached hydrogen (secondary N) is 1. The van der Waals surface area contributed by atoms with Gasteiger partial charge in [-0.15, -0.1) is 11.8 Å². The van der Waals surface area contributed by atoms with Crippen LogP contribution in [0.3, 0.4) is 0 Å². The van der Waals surface area contributed by atoms with Crippen LogP contribution >= 0.6 is 11.8 Å². The molecule has 2 rings (SSSR count). The highest BCUT2D eigenvalue weighted by Gasteiger charge is 2.14. The fourth-order valence-electron chi connectivity index (χ4n) is 2.04. The molecule has 0 amide bonds. The van der Waals surface area contributed by atoms with Gasteiger partial charge < -0.3 is 5.32 Å². The standard InChI is InChI=1S/C15H21FN4S/c1-11(2)20-15(18-10-19-20)8-13(17-3)9-21-14-6-4-12(16)5-7-14/h4-7,10-11,13,17H,8-9H2,1-3H3. The molecule has 0 aliphatic rings. The van der Waals surface area contributed by atoms with Crippen LogP contribution in [0.1, 0.15) is 25.7 Å². The summed E-state index contributed by atoms with van der Waals surface area (Å²) in [4.78, 5) is 5.42. The van der Waals surface area contributed by atoms with E-state index < -0.39 is 0 Å². The first-order chi connectivity index (χ1) is 10.1. The molecule has 1 atom stereocenters. The fraction of sp³-hybridized carbons (Fsp3) is 0.467. The molecule has 6 heteroatoms. The maximum atomic E-state index is 12.9. The quantitative estimate of drug-likeness (QED) is 0.799. The maximum absolute atomic E-state index is 12.9. The van der Waals surface area contributed by atoms with Gasteiger partial charge in [-0.25, -0.2) is 14.1 Å². The van der Waals surface area contributed by atoms with Gasteiger partial charge in [-0.3, -0.25) is 0 Å². The Morgan fingerprint density at radius 2 is 2.00 bits per heavy atom. The van der Waals surface area contributed by atoms with Gasteiger partial charge in [-0.1, -0.05) is 0 Å². The molecule has 0 fully saturated rings. The fourth-order valence-corrected chi connectivity index (χ4v) is 3.05. The van der Waals surface area contributed by atoms with E-state index in [0.29, 0.717) is 12.1 Å². The molecule has 1 unspecified atom stereocenters. The second-order valence-electron chi connectivity index (χ2n) is 5.17. The average Bonchev–Trinajstić information content (AvgIpc) is 2.93. The molecular weight excluding hydrogens is 287 g/mol. The second kappa shape index (κ2) is 7.56. The van der Waals surface area contributed by atoms with Gasteiger partial charge in [0.1, 0.15) is 18.0 Å². The topological polar surface area (TPSA) is 42.7 Å². The molecule has 1 heterocycles. The minimum Gasteiger partial charge on any atom is -0.316 e. The summed E-state index contributed by atoms with van der Waals surface area (Å²) in [5.74, 6) is 1.69. The highest BCUT2D eigenvalue weighted by molar-refractivity contribution is 7.99. The van der Waals surface area contributed by atoms with E-state index in [2.05, 4.69) is 29.2 Å². The largest absolute Gasteiger partial charge is 0.316 e. The molecule has 0 spiro atoms. The van der Waals surface area contributed by atoms with E-state index in [1.54, 1.807) is 18.1 Å². The van der Waals surface area contributed by atoms with Gasteiger partial charge in [-0.2, -0.15) is 5.10 Å². The molecule has 0 aliphatic carbocycles. The number of aromatic nitrogens is 3. The molecule has 0 aliphatic heterocycles. The Morgan fingerprint density at radius 3 is 2.62 bits per heavy atom. The summed E-state index contributed by atoms with van der Waals surface area (Å²) in [7, 11) is 1.95. The van der Waals surface area contributed by atoms with Crippen molar-refractivity contribution in [2.45, 2.75) is 37.2 Å². The van der Waals surface area contributed by atoms with Gasteiger partial charge in [0.2, 0.25) is 0 Å². The van der Waals surface area contributed by atoms with E-state index in [4.69, 9.17) is 0 Å². The summed E-state index contributed by atoms with van der Waals surface area (Å²) < 4.78 is 14.8. The molecule has 0 bridgehead atoms. The average molecular weight is 308 g/mol. The van der Waals surface area contributed by atoms with Crippen molar-refractivity contribution in [1.82, 2.24) is 20.1 Å². The molecule has 0 saturated carbocycles. The van der Waals surface area contributed by atoms with Crippen LogP contribution in [-0.2, 0) is 6.42 Å². The number of thioether (sulfide) groups is 1. The van der Waals surface area contributed by atoms with E-state index >= 15 is 0 Å². The number of hydrogen-bond donors (Lipinski definition) is 1. The highest BCUT2D eigenvalue weighted by atomic mass is 32.2. The minimum atomic E-state index is -0.199. The van der Waals surface area contributed by atoms with E-state index in [-0.39, 0.29) is 5.82 Å². The third-order valence-electron chi connectivity index (χ3n) is 3.24. The van der Waals surface area contributed by atoms with Crippen LogP contribution < -0.4 is 5.32 Å². The molecule has 4 nitrogen and oxygen atoms in total. The van der Waals surface area contributed by atoms with Crippen molar-refractivity contribution in [3.8, 4) is 0 Å². The molecule has 1 N–H and O–H groups in total. The van der Waals surface area contributed by atoms with Crippen molar-refractivity contribution in [2.24, 2.45) is 0 Å². The van der Waals surface area contributed by atoms with Crippen LogP contribution in [0.2, 0.25) is 0 Å². The van der Waals surface area contributed by atoms with E-state index in [1.165, 1.54) is 12.1 Å². The number of halogens is 1. The summed E-state index contributed by atoms with van der Waals surface area (Å²) >= 11 is 1.71. The van der Waals surface area contributed by atoms with Gasteiger partial charge in [0, 0.05) is 29.2 Å². The van der Waals surface area contributed by atoms with Crippen molar-refractivity contribution in [1.29, 1.82) is 0 Å². The minimum absolute atomic E-state index is 0.199. The predicted octanol–water partition coefficient (Wildman–Crippen LogP) is 2.92. The van der Waals surface area contributed by atoms with Gasteiger partial charge in [0.15, 0.2) is 0 Å². The molecule has 1 aromatic carbocycles.